The van der Waals surface area contributed by atoms with Gasteiger partial charge in [-0.25, -0.2) is 19.6 Å². The SMILES string of the molecule is O=C(O)/C=C/c1cnc[nH]1.O=C(O)c1ccccn1.[Mo]. The van der Waals surface area contributed by atoms with Crippen LogP contribution in [0.2, 0.25) is 0 Å². The second-order valence-electron chi connectivity index (χ2n) is 3.20. The van der Waals surface area contributed by atoms with Gasteiger partial charge in [-0.3, -0.25) is 0 Å². The molecular weight excluding hydrogens is 346 g/mol. The summed E-state index contributed by atoms with van der Waals surface area (Å²) in [7, 11) is 0. The van der Waals surface area contributed by atoms with Crippen LogP contribution in [0.4, 0.5) is 0 Å². The number of H-pyrrole nitrogens is 1. The van der Waals surface area contributed by atoms with E-state index < -0.39 is 11.9 Å². The van der Waals surface area contributed by atoms with Gasteiger partial charge in [0.15, 0.2) is 0 Å². The number of aromatic carboxylic acids is 1. The van der Waals surface area contributed by atoms with E-state index in [1.54, 1.807) is 18.3 Å². The van der Waals surface area contributed by atoms with E-state index >= 15 is 0 Å². The van der Waals surface area contributed by atoms with Crippen molar-refractivity contribution in [3.63, 3.8) is 0 Å². The molecule has 3 N–H and O–H groups in total. The Morgan fingerprint density at radius 2 is 2.00 bits per heavy atom. The predicted molar refractivity (Wildman–Crippen MR) is 66.5 cm³/mol. The standard InChI is InChI=1S/C6H6N2O2.C6H5NO2.Mo/c9-6(10)2-1-5-3-7-4-8-5;8-6(9)5-3-1-2-4-7-5;/h1-4H,(H,7,8)(H,9,10);1-4H,(H,8,9);/b2-1+;;. The molecule has 0 spiro atoms. The van der Waals surface area contributed by atoms with Crippen LogP contribution in [0.25, 0.3) is 6.08 Å². The number of hydrogen-bond acceptors (Lipinski definition) is 4. The van der Waals surface area contributed by atoms with E-state index in [4.69, 9.17) is 10.2 Å². The van der Waals surface area contributed by atoms with E-state index in [1.807, 2.05) is 0 Å². The molecular formula is C12H11MoN3O4. The molecule has 0 aliphatic heterocycles. The van der Waals surface area contributed by atoms with Crippen LogP contribution in [0, 0.1) is 0 Å². The maximum Gasteiger partial charge on any atom is 0.354 e. The second-order valence-corrected chi connectivity index (χ2v) is 3.20. The van der Waals surface area contributed by atoms with Gasteiger partial charge in [0.05, 0.1) is 18.2 Å². The molecule has 0 saturated carbocycles. The van der Waals surface area contributed by atoms with Gasteiger partial charge in [-0.2, -0.15) is 0 Å². The molecule has 0 aliphatic rings. The number of imidazole rings is 1. The number of rotatable bonds is 3. The molecule has 20 heavy (non-hydrogen) atoms. The summed E-state index contributed by atoms with van der Waals surface area (Å²) in [6.45, 7) is 0. The third kappa shape index (κ3) is 7.23. The van der Waals surface area contributed by atoms with Crippen LogP contribution in [0.5, 0.6) is 0 Å². The first-order valence-corrected chi connectivity index (χ1v) is 5.13. The first kappa shape index (κ1) is 17.7. The Morgan fingerprint density at radius 3 is 2.40 bits per heavy atom. The third-order valence-electron chi connectivity index (χ3n) is 1.81. The molecule has 0 atom stereocenters. The smallest absolute Gasteiger partial charge is 0.354 e. The number of aromatic nitrogens is 3. The minimum Gasteiger partial charge on any atom is -0.478 e. The molecule has 2 aromatic heterocycles. The molecule has 0 fully saturated rings. The number of nitrogens with zero attached hydrogens (tertiary/aromatic N) is 2. The molecule has 2 aromatic rings. The summed E-state index contributed by atoms with van der Waals surface area (Å²) in [5.41, 5.74) is 0.764. The average molecular weight is 357 g/mol. The summed E-state index contributed by atoms with van der Waals surface area (Å²) in [5.74, 6) is -1.95. The molecule has 8 heteroatoms. The van der Waals surface area contributed by atoms with Crippen molar-refractivity contribution in [2.45, 2.75) is 0 Å². The summed E-state index contributed by atoms with van der Waals surface area (Å²) in [4.78, 5) is 30.1. The molecule has 0 saturated heterocycles. The molecule has 0 amide bonds. The first-order valence-electron chi connectivity index (χ1n) is 5.13. The van der Waals surface area contributed by atoms with E-state index in [-0.39, 0.29) is 26.8 Å². The van der Waals surface area contributed by atoms with Crippen molar-refractivity contribution < 1.29 is 40.9 Å². The van der Waals surface area contributed by atoms with E-state index in [2.05, 4.69) is 15.0 Å². The van der Waals surface area contributed by atoms with Crippen molar-refractivity contribution >= 4 is 18.0 Å². The molecule has 7 nitrogen and oxygen atoms in total. The van der Waals surface area contributed by atoms with Crippen LogP contribution < -0.4 is 0 Å². The van der Waals surface area contributed by atoms with E-state index in [0.29, 0.717) is 5.69 Å². The van der Waals surface area contributed by atoms with E-state index in [0.717, 1.165) is 6.08 Å². The number of pyridine rings is 1. The number of carboxylic acid groups (broad SMARTS) is 2. The van der Waals surface area contributed by atoms with Crippen LogP contribution >= 0.6 is 0 Å². The Kier molecular flexibility index (Phi) is 8.54. The first-order chi connectivity index (χ1) is 9.09. The Balaban J connectivity index is 0.000000345. The Labute approximate surface area is 128 Å². The fraction of sp³-hybridized carbons (Fsp3) is 0. The Morgan fingerprint density at radius 1 is 1.25 bits per heavy atom. The van der Waals surface area contributed by atoms with Gasteiger partial charge >= 0.3 is 11.9 Å². The van der Waals surface area contributed by atoms with Gasteiger partial charge in [0, 0.05) is 33.3 Å². The van der Waals surface area contributed by atoms with Gasteiger partial charge < -0.3 is 15.2 Å². The maximum absolute atomic E-state index is 10.1. The van der Waals surface area contributed by atoms with Crippen molar-refractivity contribution in [1.29, 1.82) is 0 Å². The summed E-state index contributed by atoms with van der Waals surface area (Å²) in [6, 6.07) is 4.76. The van der Waals surface area contributed by atoms with Gasteiger partial charge in [0.2, 0.25) is 0 Å². The van der Waals surface area contributed by atoms with Crippen molar-refractivity contribution in [2.75, 3.05) is 0 Å². The number of carbonyl (C=O) groups is 2. The van der Waals surface area contributed by atoms with Crippen LogP contribution in [-0.2, 0) is 25.9 Å². The van der Waals surface area contributed by atoms with Crippen molar-refractivity contribution in [2.24, 2.45) is 0 Å². The Hall–Kier alpha value is -2.27. The van der Waals surface area contributed by atoms with Crippen molar-refractivity contribution in [1.82, 2.24) is 15.0 Å². The largest absolute Gasteiger partial charge is 0.478 e. The minimum absolute atomic E-state index is 0. The molecule has 104 valence electrons. The van der Waals surface area contributed by atoms with Gasteiger partial charge in [-0.05, 0) is 18.2 Å². The van der Waals surface area contributed by atoms with Crippen LogP contribution in [0.15, 0.2) is 43.0 Å². The van der Waals surface area contributed by atoms with Gasteiger partial charge in [-0.1, -0.05) is 6.07 Å². The number of carboxylic acids is 2. The normalized spacial score (nSPS) is 9.20. The van der Waals surface area contributed by atoms with Gasteiger partial charge in [0.1, 0.15) is 5.69 Å². The van der Waals surface area contributed by atoms with Crippen molar-refractivity contribution in [3.8, 4) is 0 Å². The van der Waals surface area contributed by atoms with E-state index in [9.17, 15) is 9.59 Å². The molecule has 2 rings (SSSR count). The molecule has 2 heterocycles. The summed E-state index contributed by atoms with van der Waals surface area (Å²) < 4.78 is 0. The fourth-order valence-corrected chi connectivity index (χ4v) is 1.01. The summed E-state index contributed by atoms with van der Waals surface area (Å²) in [5, 5.41) is 16.5. The van der Waals surface area contributed by atoms with E-state index in [1.165, 1.54) is 24.7 Å². The van der Waals surface area contributed by atoms with Gasteiger partial charge in [-0.15, -0.1) is 0 Å². The molecule has 0 aliphatic carbocycles. The number of aliphatic carboxylic acids is 1. The average Bonchev–Trinajstić information content (AvgIpc) is 2.91. The van der Waals surface area contributed by atoms with Crippen molar-refractivity contribution in [3.05, 3.63) is 54.4 Å². The second kappa shape index (κ2) is 9.63. The quantitative estimate of drug-likeness (QED) is 0.563. The zero-order valence-corrected chi connectivity index (χ0v) is 12.1. The van der Waals surface area contributed by atoms with Crippen LogP contribution in [-0.4, -0.2) is 37.1 Å². The minimum atomic E-state index is -0.990. The maximum atomic E-state index is 10.1. The summed E-state index contributed by atoms with van der Waals surface area (Å²) in [6.07, 6.45) is 6.97. The summed E-state index contributed by atoms with van der Waals surface area (Å²) >= 11 is 0. The molecule has 0 radical (unpaired) electrons. The zero-order chi connectivity index (χ0) is 14.1. The fourth-order valence-electron chi connectivity index (χ4n) is 1.01. The van der Waals surface area contributed by atoms with Crippen LogP contribution in [0.1, 0.15) is 16.2 Å². The molecule has 0 bridgehead atoms. The topological polar surface area (TPSA) is 116 Å². The van der Waals surface area contributed by atoms with Gasteiger partial charge in [0.25, 0.3) is 0 Å². The zero-order valence-electron chi connectivity index (χ0n) is 10.1. The van der Waals surface area contributed by atoms with Crippen LogP contribution in [0.3, 0.4) is 0 Å². The monoisotopic (exact) mass is 359 g/mol. The number of nitrogens with one attached hydrogen (secondary N) is 1. The molecule has 0 unspecified atom stereocenters. The number of aromatic amines is 1. The molecule has 0 aromatic carbocycles. The number of hydrogen-bond donors (Lipinski definition) is 3. The Bertz CT molecular complexity index is 555. The predicted octanol–water partition coefficient (Wildman–Crippen LogP) is 1.28. The third-order valence-corrected chi connectivity index (χ3v) is 1.81.